The van der Waals surface area contributed by atoms with E-state index >= 15 is 0 Å². The molecule has 3 aromatic rings. The van der Waals surface area contributed by atoms with E-state index in [1.165, 1.54) is 46.9 Å². The average Bonchev–Trinajstić information content (AvgIpc) is 3.05. The molecule has 1 heterocycles. The zero-order chi connectivity index (χ0) is 11.9. The second kappa shape index (κ2) is 3.74. The van der Waals surface area contributed by atoms with E-state index in [-0.39, 0.29) is 0 Å². The fourth-order valence-electron chi connectivity index (χ4n) is 3.17. The summed E-state index contributed by atoms with van der Waals surface area (Å²) in [6.07, 6.45) is 5.92. The first kappa shape index (κ1) is 9.95. The number of hydrogen-bond acceptors (Lipinski definition) is 0. The molecule has 1 heteroatoms. The largest absolute Gasteiger partial charge is 0.361 e. The van der Waals surface area contributed by atoms with Crippen LogP contribution in [-0.4, -0.2) is 4.98 Å². The molecular formula is C17H15N. The number of fused-ring (bicyclic) bond motifs is 2. The highest BCUT2D eigenvalue weighted by Crippen LogP contribution is 2.35. The van der Waals surface area contributed by atoms with Crippen LogP contribution in [0.3, 0.4) is 0 Å². The monoisotopic (exact) mass is 233 g/mol. The van der Waals surface area contributed by atoms with E-state index in [1.54, 1.807) is 5.56 Å². The average molecular weight is 233 g/mol. The van der Waals surface area contributed by atoms with Crippen molar-refractivity contribution in [1.82, 2.24) is 4.98 Å². The summed E-state index contributed by atoms with van der Waals surface area (Å²) in [6.45, 7) is 0. The molecule has 18 heavy (non-hydrogen) atoms. The molecule has 88 valence electrons. The van der Waals surface area contributed by atoms with Crippen molar-refractivity contribution in [2.45, 2.75) is 19.3 Å². The summed E-state index contributed by atoms with van der Waals surface area (Å²) in [4.78, 5) is 3.38. The number of benzene rings is 2. The summed E-state index contributed by atoms with van der Waals surface area (Å²) in [6, 6.07) is 15.3. The van der Waals surface area contributed by atoms with Crippen molar-refractivity contribution in [3.63, 3.8) is 0 Å². The van der Waals surface area contributed by atoms with Gasteiger partial charge in [-0.05, 0) is 42.0 Å². The van der Waals surface area contributed by atoms with Crippen molar-refractivity contribution >= 4 is 10.9 Å². The lowest BCUT2D eigenvalue weighted by Crippen LogP contribution is -1.87. The number of hydrogen-bond donors (Lipinski definition) is 1. The fourth-order valence-corrected chi connectivity index (χ4v) is 3.17. The van der Waals surface area contributed by atoms with Crippen LogP contribution in [0.2, 0.25) is 0 Å². The van der Waals surface area contributed by atoms with Gasteiger partial charge in [-0.15, -0.1) is 0 Å². The standard InChI is InChI=1S/C17H15N/c1-2-10-17-15(7-1)16(11-18-17)14-9-4-6-12-5-3-8-13(12)14/h1-2,4,6-7,9-11,18H,3,5,8H2. The van der Waals surface area contributed by atoms with Crippen molar-refractivity contribution in [3.05, 3.63) is 59.8 Å². The Morgan fingerprint density at radius 1 is 0.833 bits per heavy atom. The smallest absolute Gasteiger partial charge is 0.0460 e. The zero-order valence-electron chi connectivity index (χ0n) is 10.2. The zero-order valence-corrected chi connectivity index (χ0v) is 10.2. The molecule has 4 rings (SSSR count). The van der Waals surface area contributed by atoms with Crippen molar-refractivity contribution in [2.75, 3.05) is 0 Å². The molecule has 0 bridgehead atoms. The molecule has 1 N–H and O–H groups in total. The van der Waals surface area contributed by atoms with Crippen LogP contribution in [0.1, 0.15) is 17.5 Å². The molecule has 1 nitrogen and oxygen atoms in total. The van der Waals surface area contributed by atoms with E-state index in [9.17, 15) is 0 Å². The molecule has 1 aliphatic carbocycles. The maximum atomic E-state index is 3.38. The molecule has 0 saturated heterocycles. The predicted octanol–water partition coefficient (Wildman–Crippen LogP) is 4.32. The third-order valence-corrected chi connectivity index (χ3v) is 4.03. The SMILES string of the molecule is c1cc2c(c(-c3c[nH]c4ccccc34)c1)CCC2. The summed E-state index contributed by atoms with van der Waals surface area (Å²) in [5.74, 6) is 0. The number of nitrogens with one attached hydrogen (secondary N) is 1. The van der Waals surface area contributed by atoms with Gasteiger partial charge in [0.25, 0.3) is 0 Å². The van der Waals surface area contributed by atoms with Gasteiger partial charge in [0.2, 0.25) is 0 Å². The number of H-pyrrole nitrogens is 1. The van der Waals surface area contributed by atoms with E-state index in [2.05, 4.69) is 53.6 Å². The molecule has 0 atom stereocenters. The third kappa shape index (κ3) is 1.34. The molecule has 0 fully saturated rings. The number of rotatable bonds is 1. The van der Waals surface area contributed by atoms with Gasteiger partial charge in [-0.1, -0.05) is 36.4 Å². The molecule has 0 radical (unpaired) electrons. The highest BCUT2D eigenvalue weighted by Gasteiger charge is 2.16. The van der Waals surface area contributed by atoms with Gasteiger partial charge in [0.15, 0.2) is 0 Å². The van der Waals surface area contributed by atoms with Crippen LogP contribution in [0.5, 0.6) is 0 Å². The lowest BCUT2D eigenvalue weighted by atomic mass is 9.97. The first-order valence-electron chi connectivity index (χ1n) is 6.61. The molecule has 1 aliphatic rings. The summed E-state index contributed by atoms with van der Waals surface area (Å²) < 4.78 is 0. The van der Waals surface area contributed by atoms with E-state index in [0.29, 0.717) is 0 Å². The van der Waals surface area contributed by atoms with Crippen LogP contribution in [0.4, 0.5) is 0 Å². The lowest BCUT2D eigenvalue weighted by molar-refractivity contribution is 0.912. The topological polar surface area (TPSA) is 15.8 Å². The molecule has 0 unspecified atom stereocenters. The molecule has 0 aliphatic heterocycles. The van der Waals surface area contributed by atoms with E-state index in [4.69, 9.17) is 0 Å². The molecule has 1 aromatic heterocycles. The summed E-state index contributed by atoms with van der Waals surface area (Å²) in [5.41, 5.74) is 7.09. The Kier molecular flexibility index (Phi) is 2.07. The number of para-hydroxylation sites is 1. The normalized spacial score (nSPS) is 14.0. The Bertz CT molecular complexity index is 721. The number of aryl methyl sites for hydroxylation is 1. The van der Waals surface area contributed by atoms with Gasteiger partial charge < -0.3 is 4.98 Å². The number of aromatic amines is 1. The van der Waals surface area contributed by atoms with Crippen molar-refractivity contribution < 1.29 is 0 Å². The highest BCUT2D eigenvalue weighted by molar-refractivity contribution is 5.96. The first-order chi connectivity index (χ1) is 8.93. The van der Waals surface area contributed by atoms with E-state index in [0.717, 1.165) is 0 Å². The molecule has 0 spiro atoms. The second-order valence-electron chi connectivity index (χ2n) is 5.04. The van der Waals surface area contributed by atoms with Crippen LogP contribution >= 0.6 is 0 Å². The van der Waals surface area contributed by atoms with E-state index in [1.807, 2.05) is 0 Å². The van der Waals surface area contributed by atoms with Crippen LogP contribution in [0.15, 0.2) is 48.7 Å². The van der Waals surface area contributed by atoms with E-state index < -0.39 is 0 Å². The van der Waals surface area contributed by atoms with Crippen LogP contribution in [0.25, 0.3) is 22.0 Å². The molecular weight excluding hydrogens is 218 g/mol. The predicted molar refractivity (Wildman–Crippen MR) is 75.8 cm³/mol. The summed E-state index contributed by atoms with van der Waals surface area (Å²) >= 11 is 0. The van der Waals surface area contributed by atoms with Crippen LogP contribution in [-0.2, 0) is 12.8 Å². The van der Waals surface area contributed by atoms with Crippen LogP contribution < -0.4 is 0 Å². The van der Waals surface area contributed by atoms with Gasteiger partial charge in [-0.2, -0.15) is 0 Å². The van der Waals surface area contributed by atoms with Crippen molar-refractivity contribution in [2.24, 2.45) is 0 Å². The lowest BCUT2D eigenvalue weighted by Gasteiger charge is -2.07. The highest BCUT2D eigenvalue weighted by atomic mass is 14.7. The number of aromatic nitrogens is 1. The quantitative estimate of drug-likeness (QED) is 0.644. The minimum absolute atomic E-state index is 1.23. The molecule has 2 aromatic carbocycles. The summed E-state index contributed by atoms with van der Waals surface area (Å²) in [5, 5.41) is 1.33. The Balaban J connectivity index is 2.01. The Morgan fingerprint density at radius 2 is 1.78 bits per heavy atom. The Hall–Kier alpha value is -2.02. The van der Waals surface area contributed by atoms with Gasteiger partial charge in [0, 0.05) is 22.7 Å². The molecule has 0 saturated carbocycles. The van der Waals surface area contributed by atoms with Gasteiger partial charge in [-0.3, -0.25) is 0 Å². The van der Waals surface area contributed by atoms with Crippen LogP contribution in [0, 0.1) is 0 Å². The van der Waals surface area contributed by atoms with Gasteiger partial charge >= 0.3 is 0 Å². The first-order valence-corrected chi connectivity index (χ1v) is 6.61. The maximum Gasteiger partial charge on any atom is 0.0460 e. The van der Waals surface area contributed by atoms with Crippen molar-refractivity contribution in [3.8, 4) is 11.1 Å². The third-order valence-electron chi connectivity index (χ3n) is 4.03. The van der Waals surface area contributed by atoms with Gasteiger partial charge in [-0.25, -0.2) is 0 Å². The second-order valence-corrected chi connectivity index (χ2v) is 5.04. The van der Waals surface area contributed by atoms with Gasteiger partial charge in [0.05, 0.1) is 0 Å². The summed E-state index contributed by atoms with van der Waals surface area (Å²) in [7, 11) is 0. The minimum Gasteiger partial charge on any atom is -0.361 e. The van der Waals surface area contributed by atoms with Crippen molar-refractivity contribution in [1.29, 1.82) is 0 Å². The molecule has 0 amide bonds. The Morgan fingerprint density at radius 3 is 2.78 bits per heavy atom. The fraction of sp³-hybridized carbons (Fsp3) is 0.176. The van der Waals surface area contributed by atoms with Gasteiger partial charge in [0.1, 0.15) is 0 Å². The Labute approximate surface area is 106 Å². The minimum atomic E-state index is 1.23. The maximum absolute atomic E-state index is 3.38.